The standard InChI is InChI=1S/C17H29N3O2/c21-16(9-8-14-5-2-1-3-6-14)19-11-4-7-15(13-19)20-12-10-18-17(20)22/h14-15H,1-13H2,(H,18,22). The molecule has 3 rings (SSSR count). The summed E-state index contributed by atoms with van der Waals surface area (Å²) in [5.74, 6) is 1.07. The predicted molar refractivity (Wildman–Crippen MR) is 85.5 cm³/mol. The first kappa shape index (κ1) is 15.6. The van der Waals surface area contributed by atoms with Crippen molar-refractivity contribution in [2.24, 2.45) is 5.92 Å². The van der Waals surface area contributed by atoms with E-state index >= 15 is 0 Å². The normalized spacial score (nSPS) is 27.1. The molecular formula is C17H29N3O2. The Labute approximate surface area is 133 Å². The van der Waals surface area contributed by atoms with Gasteiger partial charge in [-0.15, -0.1) is 0 Å². The molecule has 1 N–H and O–H groups in total. The summed E-state index contributed by atoms with van der Waals surface area (Å²) in [7, 11) is 0. The summed E-state index contributed by atoms with van der Waals surface area (Å²) >= 11 is 0. The van der Waals surface area contributed by atoms with Gasteiger partial charge >= 0.3 is 6.03 Å². The van der Waals surface area contributed by atoms with E-state index in [9.17, 15) is 9.59 Å². The lowest BCUT2D eigenvalue weighted by molar-refractivity contribution is -0.133. The number of hydrogen-bond donors (Lipinski definition) is 1. The summed E-state index contributed by atoms with van der Waals surface area (Å²) in [5.41, 5.74) is 0. The van der Waals surface area contributed by atoms with Crippen molar-refractivity contribution in [1.29, 1.82) is 0 Å². The Kier molecular flexibility index (Phi) is 5.21. The first-order valence-corrected chi connectivity index (χ1v) is 9.06. The zero-order valence-corrected chi connectivity index (χ0v) is 13.6. The van der Waals surface area contributed by atoms with Gasteiger partial charge in [-0.05, 0) is 25.2 Å². The number of carbonyl (C=O) groups is 2. The van der Waals surface area contributed by atoms with Crippen LogP contribution in [0.1, 0.15) is 57.8 Å². The van der Waals surface area contributed by atoms with Crippen LogP contribution in [0, 0.1) is 5.92 Å². The summed E-state index contributed by atoms with van der Waals surface area (Å²) in [6.07, 6.45) is 10.5. The smallest absolute Gasteiger partial charge is 0.317 e. The van der Waals surface area contributed by atoms with Crippen LogP contribution in [0.4, 0.5) is 4.79 Å². The summed E-state index contributed by atoms with van der Waals surface area (Å²) in [6, 6.07) is 0.261. The molecule has 22 heavy (non-hydrogen) atoms. The van der Waals surface area contributed by atoms with E-state index < -0.39 is 0 Å². The summed E-state index contributed by atoms with van der Waals surface area (Å²) in [4.78, 5) is 28.2. The van der Waals surface area contributed by atoms with Gasteiger partial charge in [0.2, 0.25) is 5.91 Å². The molecule has 5 nitrogen and oxygen atoms in total. The maximum Gasteiger partial charge on any atom is 0.317 e. The highest BCUT2D eigenvalue weighted by Crippen LogP contribution is 2.28. The van der Waals surface area contributed by atoms with Crippen molar-refractivity contribution in [2.75, 3.05) is 26.2 Å². The van der Waals surface area contributed by atoms with Crippen LogP contribution in [-0.4, -0.2) is 54.0 Å². The van der Waals surface area contributed by atoms with Gasteiger partial charge in [0.15, 0.2) is 0 Å². The van der Waals surface area contributed by atoms with Gasteiger partial charge in [0, 0.05) is 32.6 Å². The van der Waals surface area contributed by atoms with Crippen molar-refractivity contribution < 1.29 is 9.59 Å². The number of likely N-dealkylation sites (tertiary alicyclic amines) is 1. The lowest BCUT2D eigenvalue weighted by atomic mass is 9.86. The predicted octanol–water partition coefficient (Wildman–Crippen LogP) is 2.36. The number of hydrogen-bond acceptors (Lipinski definition) is 2. The van der Waals surface area contributed by atoms with E-state index in [0.717, 1.165) is 51.4 Å². The van der Waals surface area contributed by atoms with Gasteiger partial charge in [-0.1, -0.05) is 32.1 Å². The molecule has 2 aliphatic heterocycles. The average Bonchev–Trinajstić information content (AvgIpc) is 3.00. The minimum Gasteiger partial charge on any atom is -0.341 e. The fourth-order valence-electron chi connectivity index (χ4n) is 4.23. The van der Waals surface area contributed by atoms with Gasteiger partial charge in [0.05, 0.1) is 6.04 Å². The molecule has 0 radical (unpaired) electrons. The topological polar surface area (TPSA) is 52.7 Å². The van der Waals surface area contributed by atoms with Crippen molar-refractivity contribution >= 4 is 11.9 Å². The third kappa shape index (κ3) is 3.73. The molecule has 0 aromatic heterocycles. The van der Waals surface area contributed by atoms with Crippen LogP contribution in [0.25, 0.3) is 0 Å². The number of urea groups is 1. The SMILES string of the molecule is O=C(CCC1CCCCC1)N1CCCC(N2CCNC2=O)C1. The molecule has 3 aliphatic rings. The van der Waals surface area contributed by atoms with Crippen LogP contribution in [0.2, 0.25) is 0 Å². The van der Waals surface area contributed by atoms with Gasteiger partial charge < -0.3 is 15.1 Å². The maximum absolute atomic E-state index is 12.5. The molecule has 124 valence electrons. The van der Waals surface area contributed by atoms with E-state index in [1.807, 2.05) is 9.80 Å². The number of rotatable bonds is 4. The highest BCUT2D eigenvalue weighted by atomic mass is 16.2. The average molecular weight is 307 g/mol. The lowest BCUT2D eigenvalue weighted by Crippen LogP contribution is -2.50. The Hall–Kier alpha value is -1.26. The Balaban J connectivity index is 1.46. The van der Waals surface area contributed by atoms with E-state index in [1.54, 1.807) is 0 Å². The molecular weight excluding hydrogens is 278 g/mol. The quantitative estimate of drug-likeness (QED) is 0.867. The zero-order valence-electron chi connectivity index (χ0n) is 13.6. The van der Waals surface area contributed by atoms with Crippen LogP contribution in [0.15, 0.2) is 0 Å². The molecule has 1 unspecified atom stereocenters. The highest BCUT2D eigenvalue weighted by molar-refractivity contribution is 5.78. The molecule has 1 aliphatic carbocycles. The number of nitrogens with zero attached hydrogens (tertiary/aromatic N) is 2. The van der Waals surface area contributed by atoms with Crippen LogP contribution in [-0.2, 0) is 4.79 Å². The zero-order chi connectivity index (χ0) is 15.4. The van der Waals surface area contributed by atoms with Crippen molar-refractivity contribution in [3.63, 3.8) is 0 Å². The van der Waals surface area contributed by atoms with E-state index in [2.05, 4.69) is 5.32 Å². The molecule has 2 heterocycles. The summed E-state index contributed by atoms with van der Waals surface area (Å²) in [5, 5.41) is 2.86. The van der Waals surface area contributed by atoms with E-state index in [1.165, 1.54) is 32.1 Å². The van der Waals surface area contributed by atoms with Gasteiger partial charge in [-0.2, -0.15) is 0 Å². The first-order chi connectivity index (χ1) is 10.7. The second-order valence-electron chi connectivity index (χ2n) is 7.10. The second kappa shape index (κ2) is 7.34. The van der Waals surface area contributed by atoms with Crippen LogP contribution in [0.5, 0.6) is 0 Å². The highest BCUT2D eigenvalue weighted by Gasteiger charge is 2.32. The minimum atomic E-state index is 0.0431. The number of nitrogens with one attached hydrogen (secondary N) is 1. The van der Waals surface area contributed by atoms with Crippen molar-refractivity contribution in [1.82, 2.24) is 15.1 Å². The van der Waals surface area contributed by atoms with E-state index in [4.69, 9.17) is 0 Å². The molecule has 0 bridgehead atoms. The van der Waals surface area contributed by atoms with Crippen molar-refractivity contribution in [3.05, 3.63) is 0 Å². The summed E-state index contributed by atoms with van der Waals surface area (Å²) < 4.78 is 0. The largest absolute Gasteiger partial charge is 0.341 e. The monoisotopic (exact) mass is 307 g/mol. The first-order valence-electron chi connectivity index (χ1n) is 9.06. The summed E-state index contributed by atoms with van der Waals surface area (Å²) in [6.45, 7) is 3.13. The number of carbonyl (C=O) groups excluding carboxylic acids is 2. The minimum absolute atomic E-state index is 0.0431. The molecule has 3 amide bonds. The molecule has 1 atom stereocenters. The number of amides is 3. The van der Waals surface area contributed by atoms with Gasteiger partial charge in [0.1, 0.15) is 0 Å². The maximum atomic E-state index is 12.5. The lowest BCUT2D eigenvalue weighted by Gasteiger charge is -2.37. The molecule has 0 aromatic rings. The molecule has 5 heteroatoms. The van der Waals surface area contributed by atoms with Crippen molar-refractivity contribution in [2.45, 2.75) is 63.8 Å². The molecule has 1 saturated carbocycles. The van der Waals surface area contributed by atoms with E-state index in [0.29, 0.717) is 12.3 Å². The second-order valence-corrected chi connectivity index (χ2v) is 7.10. The molecule has 0 aromatic carbocycles. The Morgan fingerprint density at radius 3 is 2.64 bits per heavy atom. The Bertz CT molecular complexity index is 407. The van der Waals surface area contributed by atoms with Gasteiger partial charge in [-0.25, -0.2) is 4.79 Å². The van der Waals surface area contributed by atoms with E-state index in [-0.39, 0.29) is 12.1 Å². The van der Waals surface area contributed by atoms with Crippen LogP contribution >= 0.6 is 0 Å². The van der Waals surface area contributed by atoms with Crippen LogP contribution < -0.4 is 5.32 Å². The third-order valence-electron chi connectivity index (χ3n) is 5.57. The Morgan fingerprint density at radius 2 is 1.91 bits per heavy atom. The molecule has 0 spiro atoms. The van der Waals surface area contributed by atoms with Crippen LogP contribution in [0.3, 0.4) is 0 Å². The fraction of sp³-hybridized carbons (Fsp3) is 0.882. The van der Waals surface area contributed by atoms with Gasteiger partial charge in [0.25, 0.3) is 0 Å². The van der Waals surface area contributed by atoms with Gasteiger partial charge in [-0.3, -0.25) is 4.79 Å². The Morgan fingerprint density at radius 1 is 1.09 bits per heavy atom. The molecule has 3 fully saturated rings. The van der Waals surface area contributed by atoms with Crippen molar-refractivity contribution in [3.8, 4) is 0 Å². The number of piperidine rings is 1. The fourth-order valence-corrected chi connectivity index (χ4v) is 4.23. The third-order valence-corrected chi connectivity index (χ3v) is 5.57. The molecule has 2 saturated heterocycles.